The van der Waals surface area contributed by atoms with Gasteiger partial charge >= 0.3 is 0 Å². The number of aryl methyl sites for hydroxylation is 1. The number of pyridine rings is 1. The minimum Gasteiger partial charge on any atom is -0.260 e. The van der Waals surface area contributed by atoms with Crippen molar-refractivity contribution in [3.05, 3.63) is 40.9 Å². The monoisotopic (exact) mass is 243 g/mol. The van der Waals surface area contributed by atoms with Gasteiger partial charge in [0.15, 0.2) is 0 Å². The molecule has 0 saturated heterocycles. The van der Waals surface area contributed by atoms with Crippen LogP contribution in [0, 0.1) is 5.82 Å². The van der Waals surface area contributed by atoms with E-state index in [2.05, 4.69) is 27.5 Å². The van der Waals surface area contributed by atoms with Crippen LogP contribution >= 0.6 is 15.9 Å². The fourth-order valence-electron chi connectivity index (χ4n) is 1.05. The summed E-state index contributed by atoms with van der Waals surface area (Å²) in [7, 11) is 0. The Hall–Kier alpha value is -0.700. The van der Waals surface area contributed by atoms with Crippen molar-refractivity contribution in [1.29, 1.82) is 0 Å². The fourth-order valence-corrected chi connectivity index (χ4v) is 1.48. The molecule has 0 fully saturated rings. The first kappa shape index (κ1) is 10.4. The van der Waals surface area contributed by atoms with Crippen LogP contribution < -0.4 is 0 Å². The number of halogens is 2. The van der Waals surface area contributed by atoms with E-state index >= 15 is 0 Å². The number of unbranched alkanes of at least 4 members (excludes halogenated alkanes) is 1. The zero-order chi connectivity index (χ0) is 9.68. The Labute approximate surface area is 85.8 Å². The van der Waals surface area contributed by atoms with Crippen molar-refractivity contribution < 1.29 is 4.39 Å². The second-order valence-corrected chi connectivity index (χ2v) is 3.53. The third-order valence-corrected chi connectivity index (χ3v) is 2.57. The lowest BCUT2D eigenvalue weighted by atomic mass is 10.2. The van der Waals surface area contributed by atoms with E-state index in [-0.39, 0.29) is 5.82 Å². The molecule has 1 aromatic rings. The topological polar surface area (TPSA) is 12.9 Å². The van der Waals surface area contributed by atoms with Gasteiger partial charge in [-0.05, 0) is 41.3 Å². The van der Waals surface area contributed by atoms with E-state index in [9.17, 15) is 4.39 Å². The summed E-state index contributed by atoms with van der Waals surface area (Å²) >= 11 is 3.17. The van der Waals surface area contributed by atoms with Gasteiger partial charge in [0.25, 0.3) is 0 Å². The van der Waals surface area contributed by atoms with E-state index in [1.54, 1.807) is 0 Å². The fraction of sp³-hybridized carbons (Fsp3) is 0.300. The van der Waals surface area contributed by atoms with E-state index in [0.717, 1.165) is 25.0 Å². The highest BCUT2D eigenvalue weighted by Crippen LogP contribution is 2.19. The van der Waals surface area contributed by atoms with E-state index < -0.39 is 0 Å². The summed E-state index contributed by atoms with van der Waals surface area (Å²) in [5.74, 6) is -0.247. The molecule has 13 heavy (non-hydrogen) atoms. The lowest BCUT2D eigenvalue weighted by Gasteiger charge is -2.02. The Morgan fingerprint density at radius 3 is 3.08 bits per heavy atom. The van der Waals surface area contributed by atoms with Gasteiger partial charge in [-0.3, -0.25) is 4.98 Å². The summed E-state index contributed by atoms with van der Waals surface area (Å²) < 4.78 is 13.5. The maximum absolute atomic E-state index is 13.0. The molecule has 70 valence electrons. The van der Waals surface area contributed by atoms with E-state index in [0.29, 0.717) is 4.47 Å². The van der Waals surface area contributed by atoms with Crippen LogP contribution in [0.5, 0.6) is 0 Å². The number of rotatable bonds is 4. The molecule has 0 bridgehead atoms. The third kappa shape index (κ3) is 2.92. The van der Waals surface area contributed by atoms with Gasteiger partial charge in [-0.2, -0.15) is 0 Å². The predicted octanol–water partition coefficient (Wildman–Crippen LogP) is 3.49. The second kappa shape index (κ2) is 5.12. The highest BCUT2D eigenvalue weighted by atomic mass is 79.9. The van der Waals surface area contributed by atoms with Crippen LogP contribution in [0.1, 0.15) is 18.5 Å². The SMILES string of the molecule is C=CCCCc1nccc(F)c1Br. The number of hydrogen-bond donors (Lipinski definition) is 0. The molecule has 0 amide bonds. The van der Waals surface area contributed by atoms with Crippen molar-refractivity contribution in [3.63, 3.8) is 0 Å². The van der Waals surface area contributed by atoms with E-state index in [1.165, 1.54) is 12.3 Å². The quantitative estimate of drug-likeness (QED) is 0.583. The average Bonchev–Trinajstić information content (AvgIpc) is 2.13. The molecule has 0 saturated carbocycles. The first-order chi connectivity index (χ1) is 6.25. The lowest BCUT2D eigenvalue weighted by Crippen LogP contribution is -1.93. The van der Waals surface area contributed by atoms with Gasteiger partial charge < -0.3 is 0 Å². The van der Waals surface area contributed by atoms with Gasteiger partial charge in [0.05, 0.1) is 10.2 Å². The van der Waals surface area contributed by atoms with Crippen LogP contribution in [0.25, 0.3) is 0 Å². The van der Waals surface area contributed by atoms with E-state index in [4.69, 9.17) is 0 Å². The summed E-state index contributed by atoms with van der Waals surface area (Å²) in [4.78, 5) is 4.09. The van der Waals surface area contributed by atoms with Gasteiger partial charge in [-0.1, -0.05) is 6.08 Å². The molecule has 0 radical (unpaired) electrons. The number of allylic oxidation sites excluding steroid dienone is 1. The predicted molar refractivity (Wildman–Crippen MR) is 55.0 cm³/mol. The third-order valence-electron chi connectivity index (χ3n) is 1.74. The zero-order valence-corrected chi connectivity index (χ0v) is 8.85. The summed E-state index contributed by atoms with van der Waals surface area (Å²) in [6.07, 6.45) is 6.02. The smallest absolute Gasteiger partial charge is 0.140 e. The molecule has 1 rings (SSSR count). The van der Waals surface area contributed by atoms with Gasteiger partial charge in [0, 0.05) is 6.20 Å². The minimum atomic E-state index is -0.247. The summed E-state index contributed by atoms with van der Waals surface area (Å²) in [6.45, 7) is 3.63. The van der Waals surface area contributed by atoms with Crippen molar-refractivity contribution in [2.45, 2.75) is 19.3 Å². The normalized spacial score (nSPS) is 10.0. The largest absolute Gasteiger partial charge is 0.260 e. The summed E-state index contributed by atoms with van der Waals surface area (Å²) in [5, 5.41) is 0. The van der Waals surface area contributed by atoms with Crippen molar-refractivity contribution >= 4 is 15.9 Å². The molecule has 0 atom stereocenters. The molecule has 0 spiro atoms. The first-order valence-electron chi connectivity index (χ1n) is 4.15. The molecule has 0 aliphatic heterocycles. The first-order valence-corrected chi connectivity index (χ1v) is 4.94. The molecule has 0 aliphatic rings. The molecule has 0 aliphatic carbocycles. The Balaban J connectivity index is 2.65. The van der Waals surface area contributed by atoms with Gasteiger partial charge in [0.2, 0.25) is 0 Å². The van der Waals surface area contributed by atoms with Crippen molar-refractivity contribution in [2.75, 3.05) is 0 Å². The molecule has 0 unspecified atom stereocenters. The van der Waals surface area contributed by atoms with Gasteiger partial charge in [-0.15, -0.1) is 6.58 Å². The molecule has 0 N–H and O–H groups in total. The Morgan fingerprint density at radius 2 is 2.38 bits per heavy atom. The molecule has 0 aromatic carbocycles. The molecule has 1 heterocycles. The lowest BCUT2D eigenvalue weighted by molar-refractivity contribution is 0.612. The van der Waals surface area contributed by atoms with Crippen molar-refractivity contribution in [1.82, 2.24) is 4.98 Å². The van der Waals surface area contributed by atoms with Crippen molar-refractivity contribution in [3.8, 4) is 0 Å². The summed E-state index contributed by atoms with van der Waals surface area (Å²) in [6, 6.07) is 1.35. The number of hydrogen-bond acceptors (Lipinski definition) is 1. The highest BCUT2D eigenvalue weighted by molar-refractivity contribution is 9.10. The van der Waals surface area contributed by atoms with Crippen LogP contribution in [0.15, 0.2) is 29.4 Å². The van der Waals surface area contributed by atoms with Crippen LogP contribution in [-0.4, -0.2) is 4.98 Å². The Kier molecular flexibility index (Phi) is 4.09. The average molecular weight is 244 g/mol. The standard InChI is InChI=1S/C10H11BrFN/c1-2-3-4-5-9-10(11)8(12)6-7-13-9/h2,6-7H,1,3-5H2. The van der Waals surface area contributed by atoms with Crippen LogP contribution in [0.3, 0.4) is 0 Å². The summed E-state index contributed by atoms with van der Waals surface area (Å²) in [5.41, 5.74) is 0.779. The minimum absolute atomic E-state index is 0.247. The molecule has 1 nitrogen and oxygen atoms in total. The molecular formula is C10H11BrFN. The maximum Gasteiger partial charge on any atom is 0.140 e. The van der Waals surface area contributed by atoms with E-state index in [1.807, 2.05) is 6.08 Å². The van der Waals surface area contributed by atoms with Crippen LogP contribution in [-0.2, 0) is 6.42 Å². The zero-order valence-electron chi connectivity index (χ0n) is 7.26. The van der Waals surface area contributed by atoms with Gasteiger partial charge in [-0.25, -0.2) is 4.39 Å². The molecular weight excluding hydrogens is 233 g/mol. The molecule has 1 aromatic heterocycles. The van der Waals surface area contributed by atoms with Crippen molar-refractivity contribution in [2.24, 2.45) is 0 Å². The van der Waals surface area contributed by atoms with Crippen LogP contribution in [0.4, 0.5) is 4.39 Å². The Bertz CT molecular complexity index is 299. The highest BCUT2D eigenvalue weighted by Gasteiger charge is 2.05. The number of aromatic nitrogens is 1. The molecule has 3 heteroatoms. The number of nitrogens with zero attached hydrogens (tertiary/aromatic N) is 1. The maximum atomic E-state index is 13.0. The Morgan fingerprint density at radius 1 is 1.62 bits per heavy atom. The van der Waals surface area contributed by atoms with Crippen LogP contribution in [0.2, 0.25) is 0 Å². The second-order valence-electron chi connectivity index (χ2n) is 2.73. The van der Waals surface area contributed by atoms with Gasteiger partial charge in [0.1, 0.15) is 5.82 Å².